The lowest BCUT2D eigenvalue weighted by Gasteiger charge is -2.18. The average molecular weight is 401 g/mol. The zero-order valence-corrected chi connectivity index (χ0v) is 19.7. The van der Waals surface area contributed by atoms with E-state index in [2.05, 4.69) is 20.8 Å². The van der Waals surface area contributed by atoms with Gasteiger partial charge in [-0.25, -0.2) is 0 Å². The number of hydrogen-bond acceptors (Lipinski definition) is 3. The van der Waals surface area contributed by atoms with E-state index in [1.54, 1.807) is 0 Å². The van der Waals surface area contributed by atoms with Gasteiger partial charge in [0.05, 0.1) is 13.2 Å². The van der Waals surface area contributed by atoms with Gasteiger partial charge in [-0.1, -0.05) is 104 Å². The molecule has 3 nitrogen and oxygen atoms in total. The largest absolute Gasteiger partial charge is 0.379 e. The van der Waals surface area contributed by atoms with E-state index >= 15 is 0 Å². The first kappa shape index (κ1) is 27.9. The molecule has 0 fully saturated rings. The van der Waals surface area contributed by atoms with Crippen LogP contribution < -0.4 is 0 Å². The van der Waals surface area contributed by atoms with Crippen LogP contribution in [0, 0.1) is 0 Å². The molecule has 0 aliphatic carbocycles. The molecule has 3 heteroatoms. The van der Waals surface area contributed by atoms with E-state index in [-0.39, 0.29) is 6.10 Å². The Balaban J connectivity index is 3.71. The highest BCUT2D eigenvalue weighted by atomic mass is 16.6. The Morgan fingerprint density at radius 1 is 0.429 bits per heavy atom. The molecule has 0 bridgehead atoms. The predicted octanol–water partition coefficient (Wildman–Crippen LogP) is 7.71. The Labute approximate surface area is 177 Å². The summed E-state index contributed by atoms with van der Waals surface area (Å²) >= 11 is 0. The van der Waals surface area contributed by atoms with Crippen LogP contribution in [0.15, 0.2) is 0 Å². The molecule has 0 radical (unpaired) electrons. The van der Waals surface area contributed by atoms with Gasteiger partial charge in [-0.15, -0.1) is 0 Å². The van der Waals surface area contributed by atoms with Crippen LogP contribution in [0.25, 0.3) is 0 Å². The maximum absolute atomic E-state index is 6.05. The normalized spacial score (nSPS) is 12.5. The minimum absolute atomic E-state index is 0.0989. The molecule has 0 aromatic carbocycles. The lowest BCUT2D eigenvalue weighted by Crippen LogP contribution is -2.26. The third-order valence-electron chi connectivity index (χ3n) is 5.24. The Morgan fingerprint density at radius 2 is 0.786 bits per heavy atom. The Kier molecular flexibility index (Phi) is 24.8. The summed E-state index contributed by atoms with van der Waals surface area (Å²) in [6.07, 6.45) is 20.8. The van der Waals surface area contributed by atoms with Crippen LogP contribution in [0.5, 0.6) is 0 Å². The molecule has 0 amide bonds. The van der Waals surface area contributed by atoms with Gasteiger partial charge in [-0.3, -0.25) is 0 Å². The van der Waals surface area contributed by atoms with Gasteiger partial charge in [0, 0.05) is 19.8 Å². The summed E-state index contributed by atoms with van der Waals surface area (Å²) < 4.78 is 17.8. The second-order valence-corrected chi connectivity index (χ2v) is 8.24. The molecule has 0 rings (SSSR count). The third-order valence-corrected chi connectivity index (χ3v) is 5.24. The van der Waals surface area contributed by atoms with Crippen molar-refractivity contribution in [3.05, 3.63) is 0 Å². The maximum Gasteiger partial charge on any atom is 0.104 e. The molecule has 0 aromatic heterocycles. The Bertz CT molecular complexity index is 271. The Hall–Kier alpha value is -0.120. The average Bonchev–Trinajstić information content (AvgIpc) is 2.71. The first-order chi connectivity index (χ1) is 13.8. The summed E-state index contributed by atoms with van der Waals surface area (Å²) in [5.41, 5.74) is 0. The molecular weight excluding hydrogens is 348 g/mol. The van der Waals surface area contributed by atoms with Crippen LogP contribution in [0.2, 0.25) is 0 Å². The van der Waals surface area contributed by atoms with Gasteiger partial charge >= 0.3 is 0 Å². The number of rotatable bonds is 24. The molecule has 0 saturated heterocycles. The first-order valence-corrected chi connectivity index (χ1v) is 12.6. The van der Waals surface area contributed by atoms with Gasteiger partial charge < -0.3 is 14.2 Å². The van der Waals surface area contributed by atoms with Gasteiger partial charge in [0.25, 0.3) is 0 Å². The van der Waals surface area contributed by atoms with Crippen molar-refractivity contribution in [2.45, 2.75) is 130 Å². The minimum atomic E-state index is 0.0989. The molecule has 0 aliphatic rings. The van der Waals surface area contributed by atoms with E-state index in [9.17, 15) is 0 Å². The first-order valence-electron chi connectivity index (χ1n) is 12.6. The fraction of sp³-hybridized carbons (Fsp3) is 1.00. The fourth-order valence-electron chi connectivity index (χ4n) is 3.32. The van der Waals surface area contributed by atoms with Crippen molar-refractivity contribution in [3.8, 4) is 0 Å². The lowest BCUT2D eigenvalue weighted by molar-refractivity contribution is -0.0615. The lowest BCUT2D eigenvalue weighted by atomic mass is 10.1. The van der Waals surface area contributed by atoms with Crippen molar-refractivity contribution >= 4 is 0 Å². The summed E-state index contributed by atoms with van der Waals surface area (Å²) in [5, 5.41) is 0. The van der Waals surface area contributed by atoms with Crippen molar-refractivity contribution in [1.29, 1.82) is 0 Å². The molecule has 1 unspecified atom stereocenters. The van der Waals surface area contributed by atoms with Crippen LogP contribution in [-0.2, 0) is 14.2 Å². The SMILES string of the molecule is CCCCCCCCCCOCC(COCCCCCC)OCCCCCC. The number of unbranched alkanes of at least 4 members (excludes halogenated alkanes) is 13. The Morgan fingerprint density at radius 3 is 1.25 bits per heavy atom. The quantitative estimate of drug-likeness (QED) is 0.155. The summed E-state index contributed by atoms with van der Waals surface area (Å²) in [6, 6.07) is 0. The van der Waals surface area contributed by atoms with Crippen molar-refractivity contribution < 1.29 is 14.2 Å². The molecule has 170 valence electrons. The van der Waals surface area contributed by atoms with Crippen molar-refractivity contribution in [1.82, 2.24) is 0 Å². The van der Waals surface area contributed by atoms with Gasteiger partial charge in [0.2, 0.25) is 0 Å². The van der Waals surface area contributed by atoms with E-state index in [1.165, 1.54) is 89.9 Å². The molecule has 0 heterocycles. The fourth-order valence-corrected chi connectivity index (χ4v) is 3.32. The minimum Gasteiger partial charge on any atom is -0.379 e. The molecule has 0 aromatic rings. The highest BCUT2D eigenvalue weighted by Crippen LogP contribution is 2.09. The molecule has 28 heavy (non-hydrogen) atoms. The molecule has 0 aliphatic heterocycles. The van der Waals surface area contributed by atoms with E-state index in [1.807, 2.05) is 0 Å². The molecule has 0 N–H and O–H groups in total. The van der Waals surface area contributed by atoms with Crippen molar-refractivity contribution in [2.24, 2.45) is 0 Å². The zero-order chi connectivity index (χ0) is 20.5. The monoisotopic (exact) mass is 400 g/mol. The molecular formula is C25H52O3. The van der Waals surface area contributed by atoms with Crippen LogP contribution in [0.4, 0.5) is 0 Å². The topological polar surface area (TPSA) is 27.7 Å². The van der Waals surface area contributed by atoms with Crippen LogP contribution >= 0.6 is 0 Å². The molecule has 0 spiro atoms. The van der Waals surface area contributed by atoms with Gasteiger partial charge in [-0.2, -0.15) is 0 Å². The van der Waals surface area contributed by atoms with Gasteiger partial charge in [0.15, 0.2) is 0 Å². The standard InChI is InChI=1S/C25H52O3/c1-4-7-10-13-14-15-16-18-21-27-24-25(28-22-19-12-9-6-3)23-26-20-17-11-8-5-2/h25H,4-24H2,1-3H3. The van der Waals surface area contributed by atoms with E-state index < -0.39 is 0 Å². The number of ether oxygens (including phenoxy) is 3. The molecule has 1 atom stereocenters. The highest BCUT2D eigenvalue weighted by Gasteiger charge is 2.10. The van der Waals surface area contributed by atoms with E-state index in [0.717, 1.165) is 32.7 Å². The van der Waals surface area contributed by atoms with Crippen molar-refractivity contribution in [3.63, 3.8) is 0 Å². The van der Waals surface area contributed by atoms with E-state index in [0.29, 0.717) is 13.2 Å². The predicted molar refractivity (Wildman–Crippen MR) is 122 cm³/mol. The summed E-state index contributed by atoms with van der Waals surface area (Å²) in [6.45, 7) is 10.7. The maximum atomic E-state index is 6.05. The summed E-state index contributed by atoms with van der Waals surface area (Å²) in [5.74, 6) is 0. The zero-order valence-electron chi connectivity index (χ0n) is 19.7. The third kappa shape index (κ3) is 22.2. The summed E-state index contributed by atoms with van der Waals surface area (Å²) in [4.78, 5) is 0. The number of hydrogen-bond donors (Lipinski definition) is 0. The second-order valence-electron chi connectivity index (χ2n) is 8.24. The smallest absolute Gasteiger partial charge is 0.104 e. The summed E-state index contributed by atoms with van der Waals surface area (Å²) in [7, 11) is 0. The van der Waals surface area contributed by atoms with Crippen LogP contribution in [0.1, 0.15) is 124 Å². The van der Waals surface area contributed by atoms with Gasteiger partial charge in [-0.05, 0) is 19.3 Å². The highest BCUT2D eigenvalue weighted by molar-refractivity contribution is 4.57. The van der Waals surface area contributed by atoms with E-state index in [4.69, 9.17) is 14.2 Å². The second kappa shape index (κ2) is 24.9. The van der Waals surface area contributed by atoms with Crippen LogP contribution in [-0.4, -0.2) is 39.1 Å². The molecule has 0 saturated carbocycles. The van der Waals surface area contributed by atoms with Crippen molar-refractivity contribution in [2.75, 3.05) is 33.0 Å². The van der Waals surface area contributed by atoms with Crippen LogP contribution in [0.3, 0.4) is 0 Å². The van der Waals surface area contributed by atoms with Gasteiger partial charge in [0.1, 0.15) is 6.10 Å².